The van der Waals surface area contributed by atoms with Crippen LogP contribution in [0.15, 0.2) is 24.3 Å². The van der Waals surface area contributed by atoms with Crippen molar-refractivity contribution < 1.29 is 23.9 Å². The number of ether oxygens (including phenoxy) is 2. The van der Waals surface area contributed by atoms with Gasteiger partial charge in [-0.05, 0) is 43.5 Å². The number of carbonyl (C=O) groups is 3. The first-order chi connectivity index (χ1) is 13.0. The van der Waals surface area contributed by atoms with Crippen molar-refractivity contribution in [1.82, 2.24) is 4.90 Å². The van der Waals surface area contributed by atoms with E-state index in [-0.39, 0.29) is 24.0 Å². The molecule has 1 heterocycles. The Bertz CT molecular complexity index is 695. The first-order valence-electron chi connectivity index (χ1n) is 9.51. The Morgan fingerprint density at radius 2 is 1.78 bits per heavy atom. The lowest BCUT2D eigenvalue weighted by atomic mass is 10.1. The van der Waals surface area contributed by atoms with Crippen LogP contribution in [0, 0.1) is 11.8 Å². The largest absolute Gasteiger partial charge is 0.459 e. The second-order valence-electron chi connectivity index (χ2n) is 7.18. The Kier molecular flexibility index (Phi) is 5.98. The number of nitrogens with zero attached hydrogens (tertiary/aromatic N) is 1. The Labute approximate surface area is 159 Å². The Morgan fingerprint density at radius 1 is 1.15 bits per heavy atom. The summed E-state index contributed by atoms with van der Waals surface area (Å²) in [5, 5.41) is 2.87. The van der Waals surface area contributed by atoms with E-state index in [1.165, 1.54) is 0 Å². The van der Waals surface area contributed by atoms with Gasteiger partial charge < -0.3 is 19.7 Å². The number of hydrogen-bond acceptors (Lipinski definition) is 5. The van der Waals surface area contributed by atoms with E-state index in [1.54, 1.807) is 36.1 Å². The van der Waals surface area contributed by atoms with Crippen LogP contribution in [-0.2, 0) is 14.3 Å². The van der Waals surface area contributed by atoms with Gasteiger partial charge in [0, 0.05) is 37.5 Å². The van der Waals surface area contributed by atoms with Gasteiger partial charge in [0.2, 0.25) is 5.91 Å². The van der Waals surface area contributed by atoms with Gasteiger partial charge in [-0.1, -0.05) is 6.92 Å². The summed E-state index contributed by atoms with van der Waals surface area (Å²) in [7, 11) is 0. The lowest BCUT2D eigenvalue weighted by Gasteiger charge is -2.30. The molecule has 27 heavy (non-hydrogen) atoms. The van der Waals surface area contributed by atoms with Crippen molar-refractivity contribution in [3.8, 4) is 0 Å². The molecule has 2 aliphatic rings. The molecule has 0 aromatic heterocycles. The van der Waals surface area contributed by atoms with Crippen LogP contribution in [0.1, 0.15) is 43.5 Å². The third-order valence-corrected chi connectivity index (χ3v) is 5.08. The Balaban J connectivity index is 1.46. The maximum atomic E-state index is 12.3. The summed E-state index contributed by atoms with van der Waals surface area (Å²) in [6, 6.07) is 6.74. The number of piperidine rings is 1. The maximum absolute atomic E-state index is 12.3. The van der Waals surface area contributed by atoms with E-state index in [2.05, 4.69) is 12.2 Å². The molecule has 2 fully saturated rings. The Hall–Kier alpha value is -2.57. The third-order valence-electron chi connectivity index (χ3n) is 5.08. The minimum atomic E-state index is -0.390. The number of carbonyl (C=O) groups excluding carboxylic acids is 3. The third kappa shape index (κ3) is 4.99. The fourth-order valence-electron chi connectivity index (χ4n) is 3.20. The molecule has 0 radical (unpaired) electrons. The smallest absolute Gasteiger partial charge is 0.409 e. The average Bonchev–Trinajstić information content (AvgIpc) is 3.40. The highest BCUT2D eigenvalue weighted by Crippen LogP contribution is 2.38. The van der Waals surface area contributed by atoms with Crippen LogP contribution < -0.4 is 5.32 Å². The lowest BCUT2D eigenvalue weighted by molar-refractivity contribution is -0.117. The van der Waals surface area contributed by atoms with Crippen molar-refractivity contribution in [2.75, 3.05) is 25.0 Å². The molecular weight excluding hydrogens is 348 g/mol. The number of likely N-dealkylation sites (tertiary alicyclic amines) is 1. The molecule has 146 valence electrons. The number of rotatable bonds is 5. The first kappa shape index (κ1) is 19.2. The van der Waals surface area contributed by atoms with Crippen molar-refractivity contribution in [3.63, 3.8) is 0 Å². The van der Waals surface area contributed by atoms with Gasteiger partial charge in [-0.25, -0.2) is 9.59 Å². The zero-order chi connectivity index (χ0) is 19.4. The van der Waals surface area contributed by atoms with E-state index in [1.807, 2.05) is 0 Å². The molecule has 7 heteroatoms. The molecule has 1 aliphatic carbocycles. The number of nitrogens with one attached hydrogen (secondary N) is 1. The van der Waals surface area contributed by atoms with Crippen LogP contribution in [-0.4, -0.2) is 48.7 Å². The van der Waals surface area contributed by atoms with E-state index >= 15 is 0 Å². The number of amides is 2. The van der Waals surface area contributed by atoms with Gasteiger partial charge in [-0.15, -0.1) is 0 Å². The number of esters is 1. The van der Waals surface area contributed by atoms with E-state index < -0.39 is 5.97 Å². The topological polar surface area (TPSA) is 84.9 Å². The second kappa shape index (κ2) is 8.41. The fourth-order valence-corrected chi connectivity index (χ4v) is 3.20. The molecule has 2 amide bonds. The van der Waals surface area contributed by atoms with Gasteiger partial charge in [0.05, 0.1) is 12.2 Å². The van der Waals surface area contributed by atoms with E-state index in [9.17, 15) is 14.4 Å². The predicted octanol–water partition coefficient (Wildman–Crippen LogP) is 3.06. The fraction of sp³-hybridized carbons (Fsp3) is 0.550. The zero-order valence-electron chi connectivity index (χ0n) is 15.8. The summed E-state index contributed by atoms with van der Waals surface area (Å²) in [6.07, 6.45) is 1.60. The van der Waals surface area contributed by atoms with Crippen molar-refractivity contribution in [2.45, 2.75) is 39.2 Å². The van der Waals surface area contributed by atoms with Gasteiger partial charge in [0.25, 0.3) is 0 Å². The van der Waals surface area contributed by atoms with E-state index in [0.29, 0.717) is 49.7 Å². The molecule has 2 unspecified atom stereocenters. The molecule has 1 aliphatic heterocycles. The molecule has 2 atom stereocenters. The summed E-state index contributed by atoms with van der Waals surface area (Å²) in [5.41, 5.74) is 1.12. The molecule has 1 aromatic rings. The standard InChI is InChI=1S/C20H26N2O5/c1-3-26-20(25)22-10-8-16(9-11-22)27-19(24)14-4-6-15(7-5-14)21-18(23)17-12-13(17)2/h4-7,13,16-17H,3,8-12H2,1-2H3,(H,21,23). The number of hydrogen-bond donors (Lipinski definition) is 1. The number of benzene rings is 1. The molecule has 7 nitrogen and oxygen atoms in total. The SMILES string of the molecule is CCOC(=O)N1CCC(OC(=O)c2ccc(NC(=O)C3CC3C)cc2)CC1. The van der Waals surface area contributed by atoms with Crippen molar-refractivity contribution in [2.24, 2.45) is 11.8 Å². The molecule has 0 spiro atoms. The Morgan fingerprint density at radius 3 is 2.33 bits per heavy atom. The van der Waals surface area contributed by atoms with E-state index in [4.69, 9.17) is 9.47 Å². The zero-order valence-corrected chi connectivity index (χ0v) is 15.8. The van der Waals surface area contributed by atoms with Crippen LogP contribution in [0.2, 0.25) is 0 Å². The van der Waals surface area contributed by atoms with Crippen molar-refractivity contribution >= 4 is 23.7 Å². The summed E-state index contributed by atoms with van der Waals surface area (Å²) in [4.78, 5) is 37.6. The normalized spacial score (nSPS) is 22.1. The van der Waals surface area contributed by atoms with E-state index in [0.717, 1.165) is 6.42 Å². The summed E-state index contributed by atoms with van der Waals surface area (Å²) < 4.78 is 10.5. The number of anilines is 1. The molecule has 1 saturated carbocycles. The highest BCUT2D eigenvalue weighted by molar-refractivity contribution is 5.95. The molecular formula is C20H26N2O5. The summed E-state index contributed by atoms with van der Waals surface area (Å²) >= 11 is 0. The van der Waals surface area contributed by atoms with Crippen LogP contribution >= 0.6 is 0 Å². The molecule has 3 rings (SSSR count). The second-order valence-corrected chi connectivity index (χ2v) is 7.18. The molecule has 1 N–H and O–H groups in total. The van der Waals surface area contributed by atoms with Crippen LogP contribution in [0.25, 0.3) is 0 Å². The quantitative estimate of drug-likeness (QED) is 0.801. The highest BCUT2D eigenvalue weighted by atomic mass is 16.6. The summed E-state index contributed by atoms with van der Waals surface area (Å²) in [5.74, 6) is 0.203. The highest BCUT2D eigenvalue weighted by Gasteiger charge is 2.39. The van der Waals surface area contributed by atoms with Gasteiger partial charge in [0.15, 0.2) is 0 Å². The minimum Gasteiger partial charge on any atom is -0.459 e. The monoisotopic (exact) mass is 374 g/mol. The van der Waals surface area contributed by atoms with Gasteiger partial charge >= 0.3 is 12.1 Å². The predicted molar refractivity (Wildman–Crippen MR) is 99.4 cm³/mol. The van der Waals surface area contributed by atoms with Gasteiger partial charge in [0.1, 0.15) is 6.10 Å². The van der Waals surface area contributed by atoms with Gasteiger partial charge in [-0.3, -0.25) is 4.79 Å². The minimum absolute atomic E-state index is 0.0335. The van der Waals surface area contributed by atoms with Crippen LogP contribution in [0.5, 0.6) is 0 Å². The van der Waals surface area contributed by atoms with Crippen molar-refractivity contribution in [3.05, 3.63) is 29.8 Å². The molecule has 0 bridgehead atoms. The van der Waals surface area contributed by atoms with Crippen LogP contribution in [0.4, 0.5) is 10.5 Å². The average molecular weight is 374 g/mol. The summed E-state index contributed by atoms with van der Waals surface area (Å²) in [6.45, 7) is 5.21. The molecule has 1 saturated heterocycles. The lowest BCUT2D eigenvalue weighted by Crippen LogP contribution is -2.41. The van der Waals surface area contributed by atoms with Crippen LogP contribution in [0.3, 0.4) is 0 Å². The molecule has 1 aromatic carbocycles. The van der Waals surface area contributed by atoms with Crippen molar-refractivity contribution in [1.29, 1.82) is 0 Å². The first-order valence-corrected chi connectivity index (χ1v) is 9.51. The van der Waals surface area contributed by atoms with Gasteiger partial charge in [-0.2, -0.15) is 0 Å². The maximum Gasteiger partial charge on any atom is 0.409 e.